The van der Waals surface area contributed by atoms with Gasteiger partial charge in [0.2, 0.25) is 0 Å². The molecule has 7 nitrogen and oxygen atoms in total. The normalized spacial score (nSPS) is 18.0. The average molecular weight is 392 g/mol. The predicted molar refractivity (Wildman–Crippen MR) is 106 cm³/mol. The number of nitrogens with zero attached hydrogens (tertiary/aromatic N) is 1. The number of benzene rings is 1. The lowest BCUT2D eigenvalue weighted by atomic mass is 10.0. The Bertz CT molecular complexity index is 665. The Morgan fingerprint density at radius 2 is 1.96 bits per heavy atom. The Balaban J connectivity index is 2.36. The van der Waals surface area contributed by atoms with Crippen molar-refractivity contribution in [1.29, 1.82) is 0 Å². The summed E-state index contributed by atoms with van der Waals surface area (Å²) in [4.78, 5) is 27.1. The van der Waals surface area contributed by atoms with Gasteiger partial charge in [-0.15, -0.1) is 0 Å². The van der Waals surface area contributed by atoms with Gasteiger partial charge in [0.05, 0.1) is 20.8 Å². The van der Waals surface area contributed by atoms with E-state index in [1.807, 2.05) is 49.9 Å². The largest absolute Gasteiger partial charge is 0.496 e. The number of carbonyl (C=O) groups is 2. The SMILES string of the molecule is COC(=O)CN(Cc1ccccc1OC)C(C(=O)OC(C)(C)C)[C@@H]1CCCN1. The second-order valence-corrected chi connectivity index (χ2v) is 7.97. The first kappa shape index (κ1) is 22.2. The van der Waals surface area contributed by atoms with Gasteiger partial charge in [-0.25, -0.2) is 0 Å². The minimum atomic E-state index is -0.616. The molecule has 1 N–H and O–H groups in total. The van der Waals surface area contributed by atoms with Crippen LogP contribution in [-0.2, 0) is 25.6 Å². The summed E-state index contributed by atoms with van der Waals surface area (Å²) in [7, 11) is 2.95. The van der Waals surface area contributed by atoms with E-state index in [0.717, 1.165) is 24.9 Å². The average Bonchev–Trinajstić information content (AvgIpc) is 3.14. The summed E-state index contributed by atoms with van der Waals surface area (Å²) in [5.74, 6) is -0.0353. The summed E-state index contributed by atoms with van der Waals surface area (Å²) in [5.41, 5.74) is 0.274. The topological polar surface area (TPSA) is 77.1 Å². The van der Waals surface area contributed by atoms with Crippen LogP contribution in [0.3, 0.4) is 0 Å². The van der Waals surface area contributed by atoms with Gasteiger partial charge in [-0.05, 0) is 46.2 Å². The third-order valence-electron chi connectivity index (χ3n) is 4.65. The Morgan fingerprint density at radius 3 is 2.54 bits per heavy atom. The molecule has 1 aromatic carbocycles. The quantitative estimate of drug-likeness (QED) is 0.679. The minimum Gasteiger partial charge on any atom is -0.496 e. The number of esters is 2. The molecule has 1 fully saturated rings. The van der Waals surface area contributed by atoms with Gasteiger partial charge < -0.3 is 19.5 Å². The summed E-state index contributed by atoms with van der Waals surface area (Å²) < 4.78 is 16.0. The summed E-state index contributed by atoms with van der Waals surface area (Å²) in [5, 5.41) is 3.38. The van der Waals surface area contributed by atoms with Gasteiger partial charge in [-0.2, -0.15) is 0 Å². The Hall–Kier alpha value is -2.12. The van der Waals surface area contributed by atoms with Crippen LogP contribution in [0.15, 0.2) is 24.3 Å². The first-order valence-corrected chi connectivity index (χ1v) is 9.64. The van der Waals surface area contributed by atoms with Crippen LogP contribution >= 0.6 is 0 Å². The number of ether oxygens (including phenoxy) is 3. The standard InChI is InChI=1S/C21H32N2O5/c1-21(2,3)28-20(25)19(16-10-8-12-22-16)23(14-18(24)27-5)13-15-9-6-7-11-17(15)26-4/h6-7,9,11,16,19,22H,8,10,12-14H2,1-5H3/t16-,19?/m0/s1. The van der Waals surface area contributed by atoms with E-state index in [1.165, 1.54) is 7.11 Å². The smallest absolute Gasteiger partial charge is 0.325 e. The van der Waals surface area contributed by atoms with E-state index in [2.05, 4.69) is 5.32 Å². The highest BCUT2D eigenvalue weighted by atomic mass is 16.6. The molecule has 0 aliphatic carbocycles. The molecule has 0 spiro atoms. The molecule has 7 heteroatoms. The second kappa shape index (κ2) is 9.89. The van der Waals surface area contributed by atoms with Crippen molar-refractivity contribution < 1.29 is 23.8 Å². The fourth-order valence-corrected chi connectivity index (χ4v) is 3.45. The van der Waals surface area contributed by atoms with Gasteiger partial charge in [0, 0.05) is 18.2 Å². The highest BCUT2D eigenvalue weighted by molar-refractivity contribution is 5.79. The maximum absolute atomic E-state index is 13.1. The van der Waals surface area contributed by atoms with E-state index in [4.69, 9.17) is 14.2 Å². The van der Waals surface area contributed by atoms with Gasteiger partial charge in [-0.1, -0.05) is 18.2 Å². The lowest BCUT2D eigenvalue weighted by Gasteiger charge is -2.35. The maximum Gasteiger partial charge on any atom is 0.325 e. The van der Waals surface area contributed by atoms with Gasteiger partial charge in [-0.3, -0.25) is 14.5 Å². The molecular formula is C21H32N2O5. The van der Waals surface area contributed by atoms with Crippen molar-refractivity contribution in [3.8, 4) is 5.75 Å². The Morgan fingerprint density at radius 1 is 1.25 bits per heavy atom. The van der Waals surface area contributed by atoms with Crippen molar-refractivity contribution in [3.63, 3.8) is 0 Å². The molecule has 1 heterocycles. The monoisotopic (exact) mass is 392 g/mol. The van der Waals surface area contributed by atoms with Crippen LogP contribution in [0.5, 0.6) is 5.75 Å². The Labute approximate surface area is 167 Å². The van der Waals surface area contributed by atoms with E-state index in [1.54, 1.807) is 7.11 Å². The lowest BCUT2D eigenvalue weighted by molar-refractivity contribution is -0.164. The number of para-hydroxylation sites is 1. The number of hydrogen-bond acceptors (Lipinski definition) is 7. The van der Waals surface area contributed by atoms with Crippen molar-refractivity contribution >= 4 is 11.9 Å². The van der Waals surface area contributed by atoms with Crippen molar-refractivity contribution in [2.45, 2.75) is 57.8 Å². The fraction of sp³-hybridized carbons (Fsp3) is 0.619. The van der Waals surface area contributed by atoms with E-state index in [9.17, 15) is 9.59 Å². The molecule has 2 atom stereocenters. The van der Waals surface area contributed by atoms with Crippen molar-refractivity contribution in [1.82, 2.24) is 10.2 Å². The molecule has 156 valence electrons. The zero-order chi connectivity index (χ0) is 20.7. The van der Waals surface area contributed by atoms with Gasteiger partial charge >= 0.3 is 11.9 Å². The van der Waals surface area contributed by atoms with Gasteiger partial charge in [0.1, 0.15) is 17.4 Å². The second-order valence-electron chi connectivity index (χ2n) is 7.97. The molecule has 1 aromatic rings. The molecule has 0 aromatic heterocycles. The predicted octanol–water partition coefficient (Wildman–Crippen LogP) is 2.13. The van der Waals surface area contributed by atoms with Crippen LogP contribution in [0.2, 0.25) is 0 Å². The van der Waals surface area contributed by atoms with Gasteiger partial charge in [0.25, 0.3) is 0 Å². The number of hydrogen-bond donors (Lipinski definition) is 1. The number of carbonyl (C=O) groups excluding carboxylic acids is 2. The molecule has 1 aliphatic heterocycles. The summed E-state index contributed by atoms with van der Waals surface area (Å²) in [6.45, 7) is 6.71. The van der Waals surface area contributed by atoms with E-state index < -0.39 is 17.6 Å². The molecule has 1 unspecified atom stereocenters. The first-order valence-electron chi connectivity index (χ1n) is 9.64. The molecule has 1 saturated heterocycles. The van der Waals surface area contributed by atoms with Crippen LogP contribution in [0.1, 0.15) is 39.2 Å². The molecule has 1 aliphatic rings. The number of nitrogens with one attached hydrogen (secondary N) is 1. The molecule has 0 saturated carbocycles. The summed E-state index contributed by atoms with van der Waals surface area (Å²) in [6.07, 6.45) is 1.82. The maximum atomic E-state index is 13.1. The van der Waals surface area contributed by atoms with Crippen LogP contribution in [0.25, 0.3) is 0 Å². The van der Waals surface area contributed by atoms with Crippen molar-refractivity contribution in [2.75, 3.05) is 27.3 Å². The van der Waals surface area contributed by atoms with Gasteiger partial charge in [0.15, 0.2) is 0 Å². The highest BCUT2D eigenvalue weighted by Gasteiger charge is 2.39. The molecular weight excluding hydrogens is 360 g/mol. The minimum absolute atomic E-state index is 0.0172. The van der Waals surface area contributed by atoms with Crippen LogP contribution in [0.4, 0.5) is 0 Å². The summed E-state index contributed by atoms with van der Waals surface area (Å²) in [6, 6.07) is 6.89. The van der Waals surface area contributed by atoms with E-state index in [-0.39, 0.29) is 18.6 Å². The number of methoxy groups -OCH3 is 2. The van der Waals surface area contributed by atoms with Crippen molar-refractivity contribution in [2.24, 2.45) is 0 Å². The zero-order valence-corrected chi connectivity index (χ0v) is 17.5. The third-order valence-corrected chi connectivity index (χ3v) is 4.65. The van der Waals surface area contributed by atoms with Crippen LogP contribution < -0.4 is 10.1 Å². The van der Waals surface area contributed by atoms with E-state index in [0.29, 0.717) is 12.3 Å². The van der Waals surface area contributed by atoms with Crippen LogP contribution in [0, 0.1) is 0 Å². The third kappa shape index (κ3) is 6.21. The van der Waals surface area contributed by atoms with E-state index >= 15 is 0 Å². The molecule has 28 heavy (non-hydrogen) atoms. The summed E-state index contributed by atoms with van der Waals surface area (Å²) >= 11 is 0. The number of rotatable bonds is 8. The van der Waals surface area contributed by atoms with Crippen LogP contribution in [-0.4, -0.2) is 61.8 Å². The fourth-order valence-electron chi connectivity index (χ4n) is 3.45. The molecule has 0 radical (unpaired) electrons. The zero-order valence-electron chi connectivity index (χ0n) is 17.5. The lowest BCUT2D eigenvalue weighted by Crippen LogP contribution is -2.55. The Kier molecular flexibility index (Phi) is 7.83. The molecule has 0 amide bonds. The highest BCUT2D eigenvalue weighted by Crippen LogP contribution is 2.24. The first-order chi connectivity index (χ1) is 13.2. The van der Waals surface area contributed by atoms with Crippen molar-refractivity contribution in [3.05, 3.63) is 29.8 Å². The molecule has 2 rings (SSSR count). The molecule has 0 bridgehead atoms.